The zero-order chi connectivity index (χ0) is 28.7. The Balaban J connectivity index is 1.44. The molecule has 0 bridgehead atoms. The number of alkyl carbamates (subject to hydrolysis) is 1. The molecule has 2 fully saturated rings. The van der Waals surface area contributed by atoms with Gasteiger partial charge in [0.1, 0.15) is 17.6 Å². The van der Waals surface area contributed by atoms with Gasteiger partial charge >= 0.3 is 6.09 Å². The molecule has 6 unspecified atom stereocenters. The van der Waals surface area contributed by atoms with Gasteiger partial charge in [0, 0.05) is 18.9 Å². The first-order valence-corrected chi connectivity index (χ1v) is 14.9. The number of carbonyl (C=O) groups is 1. The summed E-state index contributed by atoms with van der Waals surface area (Å²) in [5, 5.41) is 27.6. The van der Waals surface area contributed by atoms with Crippen LogP contribution in [0.5, 0.6) is 0 Å². The van der Waals surface area contributed by atoms with Gasteiger partial charge in [0.15, 0.2) is 16.1 Å². The van der Waals surface area contributed by atoms with Crippen molar-refractivity contribution in [2.45, 2.75) is 61.5 Å². The zero-order valence-corrected chi connectivity index (χ0v) is 23.4. The second-order valence-corrected chi connectivity index (χ2v) is 12.5. The normalized spacial score (nSPS) is 23.1. The Labute approximate surface area is 234 Å². The van der Waals surface area contributed by atoms with Crippen LogP contribution in [0.25, 0.3) is 0 Å². The van der Waals surface area contributed by atoms with Crippen LogP contribution in [-0.4, -0.2) is 80.7 Å². The van der Waals surface area contributed by atoms with Crippen molar-refractivity contribution in [3.8, 4) is 0 Å². The quantitative estimate of drug-likeness (QED) is 0.169. The van der Waals surface area contributed by atoms with Crippen LogP contribution in [0.4, 0.5) is 4.79 Å². The summed E-state index contributed by atoms with van der Waals surface area (Å²) in [5.74, 6) is -0.287. The molecule has 2 saturated heterocycles. The van der Waals surface area contributed by atoms with Crippen molar-refractivity contribution in [3.63, 3.8) is 0 Å². The molecule has 0 aliphatic carbocycles. The molecule has 2 aromatic rings. The highest BCUT2D eigenvalue weighted by Crippen LogP contribution is 2.31. The molecule has 1 amide bonds. The number of rotatable bonds is 12. The second kappa shape index (κ2) is 13.6. The van der Waals surface area contributed by atoms with Crippen LogP contribution < -0.4 is 10.6 Å². The van der Waals surface area contributed by atoms with E-state index in [1.54, 1.807) is 13.8 Å². The molecule has 0 aromatic heterocycles. The van der Waals surface area contributed by atoms with E-state index >= 15 is 0 Å². The standard InChI is InChI=1S/C28H37N3O8S/c1-18(2)26(40(35,36)21-10-8-20(9-11-21)15-30-34)29-16-24(32)25(14-19-6-4-3-5-7-19)39-28(33)31-23-17-38-27-22(23)12-13-37-27/h3-11,15,18,22-27,29,32,34H,12-14,16-17H2,1-2H3,(H,31,33)/b30-15+. The van der Waals surface area contributed by atoms with Gasteiger partial charge < -0.3 is 29.8 Å². The van der Waals surface area contributed by atoms with Crippen molar-refractivity contribution in [2.75, 3.05) is 19.8 Å². The number of nitrogens with zero attached hydrogens (tertiary/aromatic N) is 1. The van der Waals surface area contributed by atoms with E-state index in [9.17, 15) is 18.3 Å². The highest BCUT2D eigenvalue weighted by atomic mass is 32.2. The number of oxime groups is 1. The number of hydrogen-bond donors (Lipinski definition) is 4. The molecule has 218 valence electrons. The first-order valence-electron chi connectivity index (χ1n) is 13.4. The molecule has 2 heterocycles. The van der Waals surface area contributed by atoms with E-state index in [-0.39, 0.29) is 42.0 Å². The molecule has 2 aromatic carbocycles. The minimum Gasteiger partial charge on any atom is -0.443 e. The fraction of sp³-hybridized carbons (Fsp3) is 0.500. The monoisotopic (exact) mass is 575 g/mol. The molecular formula is C28H37N3O8S. The summed E-state index contributed by atoms with van der Waals surface area (Å²) in [6, 6.07) is 15.0. The van der Waals surface area contributed by atoms with Gasteiger partial charge in [0.05, 0.1) is 30.4 Å². The number of fused-ring (bicyclic) bond motifs is 1. The summed E-state index contributed by atoms with van der Waals surface area (Å²) in [5.41, 5.74) is 1.40. The third-order valence-electron chi connectivity index (χ3n) is 7.19. The molecule has 4 rings (SSSR count). The van der Waals surface area contributed by atoms with Gasteiger partial charge in [-0.05, 0) is 35.6 Å². The van der Waals surface area contributed by atoms with Gasteiger partial charge in [-0.3, -0.25) is 5.32 Å². The number of aliphatic hydroxyl groups excluding tert-OH is 1. The number of carbonyl (C=O) groups excluding carboxylic acids is 1. The Morgan fingerprint density at radius 3 is 2.55 bits per heavy atom. The number of nitrogens with one attached hydrogen (secondary N) is 2. The Kier molecular flexibility index (Phi) is 10.1. The van der Waals surface area contributed by atoms with Crippen molar-refractivity contribution >= 4 is 22.1 Å². The van der Waals surface area contributed by atoms with Gasteiger partial charge in [0.2, 0.25) is 0 Å². The van der Waals surface area contributed by atoms with Crippen molar-refractivity contribution < 1.29 is 37.7 Å². The Morgan fingerprint density at radius 1 is 1.15 bits per heavy atom. The summed E-state index contributed by atoms with van der Waals surface area (Å²) in [6.45, 7) is 4.30. The smallest absolute Gasteiger partial charge is 0.407 e. The van der Waals surface area contributed by atoms with Crippen LogP contribution >= 0.6 is 0 Å². The van der Waals surface area contributed by atoms with Gasteiger partial charge in [-0.25, -0.2) is 13.2 Å². The average molecular weight is 576 g/mol. The maximum absolute atomic E-state index is 13.4. The Hall–Kier alpha value is -3.03. The number of hydrogen-bond acceptors (Lipinski definition) is 10. The van der Waals surface area contributed by atoms with E-state index in [0.717, 1.165) is 12.0 Å². The number of amides is 1. The van der Waals surface area contributed by atoms with Crippen molar-refractivity contribution in [2.24, 2.45) is 17.0 Å². The average Bonchev–Trinajstić information content (AvgIpc) is 3.54. The van der Waals surface area contributed by atoms with E-state index in [1.807, 2.05) is 30.3 Å². The lowest BCUT2D eigenvalue weighted by Crippen LogP contribution is -2.49. The number of benzene rings is 2. The number of aliphatic hydroxyl groups is 1. The van der Waals surface area contributed by atoms with E-state index in [4.69, 9.17) is 19.4 Å². The second-order valence-electron chi connectivity index (χ2n) is 10.4. The predicted molar refractivity (Wildman–Crippen MR) is 147 cm³/mol. The molecule has 0 spiro atoms. The molecule has 0 radical (unpaired) electrons. The zero-order valence-electron chi connectivity index (χ0n) is 22.5. The molecule has 11 nitrogen and oxygen atoms in total. The topological polar surface area (TPSA) is 156 Å². The van der Waals surface area contributed by atoms with Crippen LogP contribution in [-0.2, 0) is 30.5 Å². The van der Waals surface area contributed by atoms with E-state index in [1.165, 1.54) is 30.5 Å². The highest BCUT2D eigenvalue weighted by Gasteiger charge is 2.43. The fourth-order valence-corrected chi connectivity index (χ4v) is 6.91. The largest absolute Gasteiger partial charge is 0.443 e. The summed E-state index contributed by atoms with van der Waals surface area (Å²) in [6.07, 6.45) is -0.935. The molecule has 0 saturated carbocycles. The summed E-state index contributed by atoms with van der Waals surface area (Å²) < 4.78 is 43.7. The van der Waals surface area contributed by atoms with Crippen LogP contribution in [0.2, 0.25) is 0 Å². The molecule has 40 heavy (non-hydrogen) atoms. The predicted octanol–water partition coefficient (Wildman–Crippen LogP) is 2.30. The van der Waals surface area contributed by atoms with E-state index in [0.29, 0.717) is 18.8 Å². The SMILES string of the molecule is CC(C)C(NCC(O)C(Cc1ccccc1)OC(=O)NC1COC2OCCC12)S(=O)(=O)c1ccc(/C=N/O)cc1. The fourth-order valence-electron chi connectivity index (χ4n) is 5.07. The summed E-state index contributed by atoms with van der Waals surface area (Å²) >= 11 is 0. The minimum absolute atomic E-state index is 0.0497. The van der Waals surface area contributed by atoms with Crippen molar-refractivity contribution in [1.82, 2.24) is 10.6 Å². The molecule has 4 N–H and O–H groups in total. The minimum atomic E-state index is -3.83. The lowest BCUT2D eigenvalue weighted by Gasteiger charge is -2.28. The lowest BCUT2D eigenvalue weighted by molar-refractivity contribution is -0.0905. The maximum Gasteiger partial charge on any atom is 0.407 e. The van der Waals surface area contributed by atoms with Crippen LogP contribution in [0.3, 0.4) is 0 Å². The number of ether oxygens (including phenoxy) is 3. The van der Waals surface area contributed by atoms with Crippen molar-refractivity contribution in [1.29, 1.82) is 0 Å². The number of sulfone groups is 1. The van der Waals surface area contributed by atoms with Gasteiger partial charge in [-0.2, -0.15) is 0 Å². The summed E-state index contributed by atoms with van der Waals surface area (Å²) in [7, 11) is -3.83. The Bertz CT molecular complexity index is 1240. The molecule has 6 atom stereocenters. The van der Waals surface area contributed by atoms with Crippen LogP contribution in [0.1, 0.15) is 31.4 Å². The first kappa shape index (κ1) is 29.9. The van der Waals surface area contributed by atoms with Crippen LogP contribution in [0, 0.1) is 11.8 Å². The molecular weight excluding hydrogens is 538 g/mol. The molecule has 2 aliphatic heterocycles. The Morgan fingerprint density at radius 2 is 1.88 bits per heavy atom. The van der Waals surface area contributed by atoms with Crippen LogP contribution in [0.15, 0.2) is 64.6 Å². The highest BCUT2D eigenvalue weighted by molar-refractivity contribution is 7.92. The van der Waals surface area contributed by atoms with E-state index < -0.39 is 33.5 Å². The van der Waals surface area contributed by atoms with E-state index in [2.05, 4.69) is 15.8 Å². The lowest BCUT2D eigenvalue weighted by atomic mass is 10.0. The van der Waals surface area contributed by atoms with Gasteiger partial charge in [0.25, 0.3) is 0 Å². The van der Waals surface area contributed by atoms with Gasteiger partial charge in [-0.15, -0.1) is 0 Å². The third-order valence-corrected chi connectivity index (χ3v) is 9.50. The third kappa shape index (κ3) is 7.38. The first-order chi connectivity index (χ1) is 19.2. The summed E-state index contributed by atoms with van der Waals surface area (Å²) in [4.78, 5) is 13.0. The van der Waals surface area contributed by atoms with Gasteiger partial charge in [-0.1, -0.05) is 61.5 Å². The molecule has 2 aliphatic rings. The van der Waals surface area contributed by atoms with Crippen molar-refractivity contribution in [3.05, 3.63) is 65.7 Å². The maximum atomic E-state index is 13.4. The molecule has 12 heteroatoms.